The van der Waals surface area contributed by atoms with Gasteiger partial charge in [0.15, 0.2) is 11.6 Å². The van der Waals surface area contributed by atoms with Gasteiger partial charge in [-0.3, -0.25) is 14.9 Å². The second kappa shape index (κ2) is 13.4. The van der Waals surface area contributed by atoms with Crippen LogP contribution in [0.4, 0.5) is 0 Å². The predicted octanol–water partition coefficient (Wildman–Crippen LogP) is 7.33. The van der Waals surface area contributed by atoms with E-state index in [1.165, 1.54) is 107 Å². The fourth-order valence-corrected chi connectivity index (χ4v) is 7.22. The molecule has 0 radical (unpaired) electrons. The molecular weight excluding hydrogens is 444 g/mol. The number of rotatable bonds is 19. The molecule has 0 bridgehead atoms. The maximum Gasteiger partial charge on any atom is 0.156 e. The zero-order valence-corrected chi connectivity index (χ0v) is 23.3. The largest absolute Gasteiger partial charge is 0.386 e. The van der Waals surface area contributed by atoms with Gasteiger partial charge in [-0.05, 0) is 25.3 Å². The SMILES string of the molecule is CCCCCCCCCCCCCCCCCCCC(=O)C1C=C2C(CC(C)=C3NCC4C(=O)C234)N1. The maximum atomic E-state index is 12.9. The van der Waals surface area contributed by atoms with Crippen molar-refractivity contribution in [3.05, 3.63) is 22.9 Å². The topological polar surface area (TPSA) is 58.2 Å². The molecule has 2 aliphatic carbocycles. The first-order valence-electron chi connectivity index (χ1n) is 15.6. The Hall–Kier alpha value is -1.42. The van der Waals surface area contributed by atoms with Gasteiger partial charge in [0.2, 0.25) is 0 Å². The Balaban J connectivity index is 0.991. The first-order chi connectivity index (χ1) is 17.6. The highest BCUT2D eigenvalue weighted by Gasteiger charge is 2.74. The summed E-state index contributed by atoms with van der Waals surface area (Å²) in [6, 6.07) is -0.0191. The van der Waals surface area contributed by atoms with Gasteiger partial charge < -0.3 is 5.32 Å². The van der Waals surface area contributed by atoms with Crippen molar-refractivity contribution in [1.82, 2.24) is 10.6 Å². The molecule has 1 saturated heterocycles. The first-order valence-corrected chi connectivity index (χ1v) is 15.6. The summed E-state index contributed by atoms with van der Waals surface area (Å²) >= 11 is 0. The van der Waals surface area contributed by atoms with Crippen LogP contribution in [-0.2, 0) is 9.59 Å². The van der Waals surface area contributed by atoms with Gasteiger partial charge in [0, 0.05) is 24.7 Å². The number of Topliss-reactive ketones (excluding diaryl/α,β-unsaturated/α-hetero) is 2. The summed E-state index contributed by atoms with van der Waals surface area (Å²) in [6.45, 7) is 5.20. The molecule has 2 fully saturated rings. The van der Waals surface area contributed by atoms with Gasteiger partial charge >= 0.3 is 0 Å². The zero-order valence-electron chi connectivity index (χ0n) is 23.3. The van der Waals surface area contributed by atoms with Crippen LogP contribution in [0.3, 0.4) is 0 Å². The number of carbonyl (C=O) groups excluding carboxylic acids is 2. The fraction of sp³-hybridized carbons (Fsp3) is 0.812. The van der Waals surface area contributed by atoms with Crippen LogP contribution < -0.4 is 10.6 Å². The summed E-state index contributed by atoms with van der Waals surface area (Å²) in [5.74, 6) is 0.788. The molecule has 0 amide bonds. The molecule has 4 unspecified atom stereocenters. The minimum Gasteiger partial charge on any atom is -0.386 e. The highest BCUT2D eigenvalue weighted by atomic mass is 16.1. The summed E-state index contributed by atoms with van der Waals surface area (Å²) in [4.78, 5) is 25.5. The van der Waals surface area contributed by atoms with E-state index in [0.29, 0.717) is 18.0 Å². The van der Waals surface area contributed by atoms with E-state index in [0.717, 1.165) is 31.5 Å². The molecule has 1 spiro atoms. The highest BCUT2D eigenvalue weighted by Crippen LogP contribution is 2.65. The third-order valence-corrected chi connectivity index (χ3v) is 9.39. The van der Waals surface area contributed by atoms with Crippen LogP contribution >= 0.6 is 0 Å². The van der Waals surface area contributed by atoms with Crippen LogP contribution in [-0.4, -0.2) is 30.2 Å². The second-order valence-electron chi connectivity index (χ2n) is 12.2. The molecule has 4 rings (SSSR count). The molecule has 2 heterocycles. The van der Waals surface area contributed by atoms with Crippen molar-refractivity contribution in [1.29, 1.82) is 0 Å². The standard InChI is InChI=1S/C32H52N2O2/c1-3-4-5-6-7-8-9-10-11-12-13-14-15-16-17-18-19-20-29(35)28-22-25-27(34-28)21-24(2)30-32(25)26(23-33-30)31(32)36/h22,26-28,33-34H,3-21,23H2,1-2H3. The molecular formula is C32H52N2O2. The van der Waals surface area contributed by atoms with Crippen LogP contribution in [0.2, 0.25) is 0 Å². The lowest BCUT2D eigenvalue weighted by Gasteiger charge is -2.30. The lowest BCUT2D eigenvalue weighted by molar-refractivity contribution is -0.120. The smallest absolute Gasteiger partial charge is 0.156 e. The number of hydrogen-bond acceptors (Lipinski definition) is 4. The van der Waals surface area contributed by atoms with Gasteiger partial charge in [0.05, 0.1) is 12.0 Å². The van der Waals surface area contributed by atoms with Crippen molar-refractivity contribution in [2.24, 2.45) is 11.3 Å². The lowest BCUT2D eigenvalue weighted by atomic mass is 9.78. The van der Waals surface area contributed by atoms with Crippen molar-refractivity contribution >= 4 is 11.6 Å². The second-order valence-corrected chi connectivity index (χ2v) is 12.2. The van der Waals surface area contributed by atoms with E-state index in [-0.39, 0.29) is 23.4 Å². The molecule has 202 valence electrons. The summed E-state index contributed by atoms with van der Waals surface area (Å²) < 4.78 is 0. The maximum absolute atomic E-state index is 12.9. The molecule has 4 heteroatoms. The van der Waals surface area contributed by atoms with E-state index in [1.54, 1.807) is 0 Å². The molecule has 2 N–H and O–H groups in total. The minimum absolute atomic E-state index is 0.109. The van der Waals surface area contributed by atoms with E-state index in [1.807, 2.05) is 0 Å². The van der Waals surface area contributed by atoms with Gasteiger partial charge in [-0.2, -0.15) is 0 Å². The third-order valence-electron chi connectivity index (χ3n) is 9.39. The molecule has 4 atom stereocenters. The molecule has 36 heavy (non-hydrogen) atoms. The van der Waals surface area contributed by atoms with Gasteiger partial charge in [-0.15, -0.1) is 0 Å². The Bertz CT molecular complexity index is 828. The fourth-order valence-electron chi connectivity index (χ4n) is 7.22. The summed E-state index contributed by atoms with van der Waals surface area (Å²) in [5.41, 5.74) is 3.26. The monoisotopic (exact) mass is 496 g/mol. The molecule has 2 aliphatic heterocycles. The molecule has 1 saturated carbocycles. The van der Waals surface area contributed by atoms with Crippen LogP contribution in [0.15, 0.2) is 22.9 Å². The van der Waals surface area contributed by atoms with Gasteiger partial charge in [0.1, 0.15) is 5.41 Å². The summed E-state index contributed by atoms with van der Waals surface area (Å²) in [7, 11) is 0. The number of fused-ring (bicyclic) bond motifs is 1. The lowest BCUT2D eigenvalue weighted by Crippen LogP contribution is -2.41. The highest BCUT2D eigenvalue weighted by molar-refractivity contribution is 6.12. The van der Waals surface area contributed by atoms with E-state index in [2.05, 4.69) is 30.6 Å². The van der Waals surface area contributed by atoms with Crippen molar-refractivity contribution in [2.75, 3.05) is 6.54 Å². The Morgan fingerprint density at radius 1 is 0.861 bits per heavy atom. The van der Waals surface area contributed by atoms with Crippen molar-refractivity contribution in [3.8, 4) is 0 Å². The average molecular weight is 497 g/mol. The molecule has 0 aromatic heterocycles. The zero-order chi connectivity index (χ0) is 25.4. The number of carbonyl (C=O) groups is 2. The normalized spacial score (nSPS) is 28.0. The number of allylic oxidation sites excluding steroid dienone is 1. The van der Waals surface area contributed by atoms with Crippen LogP contribution in [0.5, 0.6) is 0 Å². The number of nitrogens with one attached hydrogen (secondary N) is 2. The van der Waals surface area contributed by atoms with E-state index in [4.69, 9.17) is 0 Å². The van der Waals surface area contributed by atoms with Crippen LogP contribution in [0, 0.1) is 11.3 Å². The van der Waals surface area contributed by atoms with Crippen LogP contribution in [0.1, 0.15) is 136 Å². The predicted molar refractivity (Wildman–Crippen MR) is 149 cm³/mol. The molecule has 4 nitrogen and oxygen atoms in total. The minimum atomic E-state index is -0.386. The summed E-state index contributed by atoms with van der Waals surface area (Å²) in [6.07, 6.45) is 26.8. The Labute approximate surface area is 220 Å². The molecule has 0 aromatic rings. The Morgan fingerprint density at radius 3 is 1.92 bits per heavy atom. The molecule has 0 aromatic carbocycles. The Morgan fingerprint density at radius 2 is 1.39 bits per heavy atom. The number of ketones is 2. The number of unbranched alkanes of at least 4 members (excludes halogenated alkanes) is 16. The average Bonchev–Trinajstić information content (AvgIpc) is 3.22. The van der Waals surface area contributed by atoms with Crippen molar-refractivity contribution < 1.29 is 9.59 Å². The van der Waals surface area contributed by atoms with E-state index in [9.17, 15) is 9.59 Å². The summed E-state index contributed by atoms with van der Waals surface area (Å²) in [5, 5.41) is 7.04. The quantitative estimate of drug-likeness (QED) is 0.145. The first kappa shape index (κ1) is 27.6. The third kappa shape index (κ3) is 6.17. The Kier molecular flexibility index (Phi) is 10.3. The van der Waals surface area contributed by atoms with Crippen molar-refractivity contribution in [2.45, 2.75) is 148 Å². The number of piperidine rings is 1. The van der Waals surface area contributed by atoms with E-state index < -0.39 is 0 Å². The molecule has 4 aliphatic rings. The van der Waals surface area contributed by atoms with E-state index >= 15 is 0 Å². The van der Waals surface area contributed by atoms with Gasteiger partial charge in [0.25, 0.3) is 0 Å². The number of hydrogen-bond donors (Lipinski definition) is 2. The van der Waals surface area contributed by atoms with Crippen molar-refractivity contribution in [3.63, 3.8) is 0 Å². The van der Waals surface area contributed by atoms with Gasteiger partial charge in [-0.1, -0.05) is 121 Å². The van der Waals surface area contributed by atoms with Crippen LogP contribution in [0.25, 0.3) is 0 Å². The van der Waals surface area contributed by atoms with Gasteiger partial charge in [-0.25, -0.2) is 0 Å².